The molecule has 1 heterocycles. The Bertz CT molecular complexity index is 1060. The number of ether oxygens (including phenoxy) is 1. The van der Waals surface area contributed by atoms with Crippen LogP contribution in [0.1, 0.15) is 33.9 Å². The van der Waals surface area contributed by atoms with Gasteiger partial charge < -0.3 is 15.0 Å². The molecule has 152 valence electrons. The second-order valence-corrected chi connectivity index (χ2v) is 7.14. The molecule has 3 aromatic rings. The van der Waals surface area contributed by atoms with Crippen LogP contribution in [0.3, 0.4) is 0 Å². The number of amides is 2. The minimum Gasteiger partial charge on any atom is -0.497 e. The number of carbonyl (C=O) groups is 2. The van der Waals surface area contributed by atoms with Gasteiger partial charge in [0, 0.05) is 17.8 Å². The molecule has 0 spiro atoms. The van der Waals surface area contributed by atoms with Gasteiger partial charge in [0.2, 0.25) is 5.91 Å². The Morgan fingerprint density at radius 1 is 1.07 bits per heavy atom. The van der Waals surface area contributed by atoms with Gasteiger partial charge in [0.25, 0.3) is 5.91 Å². The van der Waals surface area contributed by atoms with Crippen molar-refractivity contribution in [3.05, 3.63) is 95.3 Å². The summed E-state index contributed by atoms with van der Waals surface area (Å²) in [6, 6.07) is 19.8. The summed E-state index contributed by atoms with van der Waals surface area (Å²) in [5.74, 6) is -0.0377. The number of anilines is 1. The molecule has 0 unspecified atom stereocenters. The molecule has 0 radical (unpaired) electrons. The Morgan fingerprint density at radius 2 is 1.77 bits per heavy atom. The van der Waals surface area contributed by atoms with E-state index in [-0.39, 0.29) is 24.1 Å². The molecular formula is C24H21FN2O3. The van der Waals surface area contributed by atoms with E-state index in [9.17, 15) is 14.0 Å². The van der Waals surface area contributed by atoms with E-state index < -0.39 is 6.04 Å². The molecule has 0 aromatic heterocycles. The molecule has 0 fully saturated rings. The van der Waals surface area contributed by atoms with Crippen LogP contribution in [0.4, 0.5) is 10.1 Å². The summed E-state index contributed by atoms with van der Waals surface area (Å²) in [6.45, 7) is 0.410. The minimum atomic E-state index is -0.510. The first kappa shape index (κ1) is 19.6. The third-order valence-corrected chi connectivity index (χ3v) is 5.23. The number of fused-ring (bicyclic) bond motifs is 1. The maximum atomic E-state index is 13.5. The van der Waals surface area contributed by atoms with Gasteiger partial charge >= 0.3 is 0 Å². The Morgan fingerprint density at radius 3 is 2.43 bits per heavy atom. The molecule has 1 atom stereocenters. The standard InChI is InChI=1S/C24H21FN2O3/c1-30-20-12-10-19(11-13-20)26-23(28)14-22(16-6-8-18(25)9-7-16)27-15-17-4-2-3-5-21(17)24(27)29/h2-13,22H,14-15H2,1H3,(H,26,28)/t22-/m0/s1. The highest BCUT2D eigenvalue weighted by Crippen LogP contribution is 2.33. The number of hydrogen-bond acceptors (Lipinski definition) is 3. The second kappa shape index (κ2) is 8.37. The molecule has 6 heteroatoms. The first-order valence-corrected chi connectivity index (χ1v) is 9.63. The van der Waals surface area contributed by atoms with E-state index in [4.69, 9.17) is 4.74 Å². The molecule has 0 bridgehead atoms. The van der Waals surface area contributed by atoms with Crippen LogP contribution in [0, 0.1) is 5.82 Å². The normalized spacial score (nSPS) is 13.7. The van der Waals surface area contributed by atoms with Gasteiger partial charge in [-0.05, 0) is 53.6 Å². The van der Waals surface area contributed by atoms with Crippen molar-refractivity contribution < 1.29 is 18.7 Å². The zero-order valence-corrected chi connectivity index (χ0v) is 16.5. The molecule has 5 nitrogen and oxygen atoms in total. The van der Waals surface area contributed by atoms with E-state index in [1.54, 1.807) is 54.5 Å². The predicted octanol–water partition coefficient (Wildman–Crippen LogP) is 4.56. The molecule has 0 saturated heterocycles. The molecule has 0 aliphatic carbocycles. The average Bonchev–Trinajstić information content (AvgIpc) is 3.10. The van der Waals surface area contributed by atoms with Gasteiger partial charge in [-0.25, -0.2) is 4.39 Å². The van der Waals surface area contributed by atoms with Crippen LogP contribution in [-0.2, 0) is 11.3 Å². The van der Waals surface area contributed by atoms with Crippen LogP contribution >= 0.6 is 0 Å². The summed E-state index contributed by atoms with van der Waals surface area (Å²) in [4.78, 5) is 27.5. The largest absolute Gasteiger partial charge is 0.497 e. The average molecular weight is 404 g/mol. The lowest BCUT2D eigenvalue weighted by atomic mass is 10.0. The predicted molar refractivity (Wildman–Crippen MR) is 112 cm³/mol. The highest BCUT2D eigenvalue weighted by molar-refractivity contribution is 5.99. The van der Waals surface area contributed by atoms with Crippen LogP contribution in [0.5, 0.6) is 5.75 Å². The number of nitrogens with one attached hydrogen (secondary N) is 1. The van der Waals surface area contributed by atoms with Crippen LogP contribution < -0.4 is 10.1 Å². The van der Waals surface area contributed by atoms with Crippen molar-refractivity contribution in [3.8, 4) is 5.75 Å². The van der Waals surface area contributed by atoms with Crippen molar-refractivity contribution in [3.63, 3.8) is 0 Å². The molecule has 0 saturated carbocycles. The molecule has 1 aliphatic rings. The van der Waals surface area contributed by atoms with Crippen molar-refractivity contribution in [1.29, 1.82) is 0 Å². The summed E-state index contributed by atoms with van der Waals surface area (Å²) in [7, 11) is 1.58. The Hall–Kier alpha value is -3.67. The van der Waals surface area contributed by atoms with E-state index in [0.29, 0.717) is 29.1 Å². The fraction of sp³-hybridized carbons (Fsp3) is 0.167. The molecule has 3 aromatic carbocycles. The highest BCUT2D eigenvalue weighted by Gasteiger charge is 2.34. The van der Waals surface area contributed by atoms with Crippen LogP contribution in [0.15, 0.2) is 72.8 Å². The van der Waals surface area contributed by atoms with E-state index in [0.717, 1.165) is 5.56 Å². The summed E-state index contributed by atoms with van der Waals surface area (Å²) in [5, 5.41) is 2.86. The number of rotatable bonds is 6. The zero-order chi connectivity index (χ0) is 21.1. The van der Waals surface area contributed by atoms with Crippen LogP contribution in [0.25, 0.3) is 0 Å². The minimum absolute atomic E-state index is 0.0530. The van der Waals surface area contributed by atoms with E-state index in [1.165, 1.54) is 12.1 Å². The molecular weight excluding hydrogens is 383 g/mol. The lowest BCUT2D eigenvalue weighted by Crippen LogP contribution is -2.32. The fourth-order valence-corrected chi connectivity index (χ4v) is 3.68. The smallest absolute Gasteiger partial charge is 0.255 e. The second-order valence-electron chi connectivity index (χ2n) is 7.14. The van der Waals surface area contributed by atoms with Gasteiger partial charge in [0.15, 0.2) is 0 Å². The fourth-order valence-electron chi connectivity index (χ4n) is 3.68. The summed E-state index contributed by atoms with van der Waals surface area (Å²) < 4.78 is 18.6. The molecule has 1 N–H and O–H groups in total. The van der Waals surface area contributed by atoms with Crippen molar-refractivity contribution in [2.45, 2.75) is 19.0 Å². The van der Waals surface area contributed by atoms with Crippen LogP contribution in [0.2, 0.25) is 0 Å². The number of hydrogen-bond donors (Lipinski definition) is 1. The third-order valence-electron chi connectivity index (χ3n) is 5.23. The topological polar surface area (TPSA) is 58.6 Å². The highest BCUT2D eigenvalue weighted by atomic mass is 19.1. The van der Waals surface area contributed by atoms with Gasteiger partial charge in [-0.3, -0.25) is 9.59 Å². The van der Waals surface area contributed by atoms with Crippen molar-refractivity contribution in [2.24, 2.45) is 0 Å². The van der Waals surface area contributed by atoms with Gasteiger partial charge in [0.05, 0.1) is 19.6 Å². The maximum absolute atomic E-state index is 13.5. The van der Waals surface area contributed by atoms with Gasteiger partial charge in [-0.15, -0.1) is 0 Å². The number of carbonyl (C=O) groups excluding carboxylic acids is 2. The van der Waals surface area contributed by atoms with Gasteiger partial charge in [-0.1, -0.05) is 30.3 Å². The third kappa shape index (κ3) is 4.03. The zero-order valence-electron chi connectivity index (χ0n) is 16.5. The number of methoxy groups -OCH3 is 1. The Kier molecular flexibility index (Phi) is 5.48. The summed E-state index contributed by atoms with van der Waals surface area (Å²) >= 11 is 0. The number of benzene rings is 3. The lowest BCUT2D eigenvalue weighted by Gasteiger charge is -2.28. The summed E-state index contributed by atoms with van der Waals surface area (Å²) in [6.07, 6.45) is 0.0530. The lowest BCUT2D eigenvalue weighted by molar-refractivity contribution is -0.117. The molecule has 1 aliphatic heterocycles. The SMILES string of the molecule is COc1ccc(NC(=O)C[C@@H](c2ccc(F)cc2)N2Cc3ccccc3C2=O)cc1. The Labute approximate surface area is 174 Å². The quantitative estimate of drug-likeness (QED) is 0.655. The first-order chi connectivity index (χ1) is 14.5. The Balaban J connectivity index is 1.57. The van der Waals surface area contributed by atoms with Crippen molar-refractivity contribution in [1.82, 2.24) is 4.90 Å². The van der Waals surface area contributed by atoms with E-state index >= 15 is 0 Å². The molecule has 2 amide bonds. The van der Waals surface area contributed by atoms with Gasteiger partial charge in [-0.2, -0.15) is 0 Å². The number of halogens is 1. The molecule has 30 heavy (non-hydrogen) atoms. The first-order valence-electron chi connectivity index (χ1n) is 9.63. The molecule has 4 rings (SSSR count). The van der Waals surface area contributed by atoms with E-state index in [2.05, 4.69) is 5.32 Å². The van der Waals surface area contributed by atoms with Gasteiger partial charge in [0.1, 0.15) is 11.6 Å². The monoisotopic (exact) mass is 404 g/mol. The van der Waals surface area contributed by atoms with E-state index in [1.807, 2.05) is 18.2 Å². The van der Waals surface area contributed by atoms with Crippen molar-refractivity contribution in [2.75, 3.05) is 12.4 Å². The number of nitrogens with zero attached hydrogens (tertiary/aromatic N) is 1. The maximum Gasteiger partial charge on any atom is 0.255 e. The summed E-state index contributed by atoms with van der Waals surface area (Å²) in [5.41, 5.74) is 2.91. The van der Waals surface area contributed by atoms with Crippen LogP contribution in [-0.4, -0.2) is 23.8 Å². The van der Waals surface area contributed by atoms with Crippen molar-refractivity contribution >= 4 is 17.5 Å².